The summed E-state index contributed by atoms with van der Waals surface area (Å²) < 4.78 is 1.36. The fourth-order valence-electron chi connectivity index (χ4n) is 5.11. The molecular formula is C35H65ClN2O2. The smallest absolute Gasteiger partial charge is 0.231 e. The second-order valence-corrected chi connectivity index (χ2v) is 11.9. The molecule has 0 radical (unpaired) electrons. The van der Waals surface area contributed by atoms with Gasteiger partial charge in [0.1, 0.15) is 5.78 Å². The minimum Gasteiger partial charge on any atom is -1.00 e. The van der Waals surface area contributed by atoms with Gasteiger partial charge >= 0.3 is 0 Å². The van der Waals surface area contributed by atoms with E-state index in [1.54, 1.807) is 12.1 Å². The van der Waals surface area contributed by atoms with Crippen LogP contribution in [0.1, 0.15) is 150 Å². The van der Waals surface area contributed by atoms with Crippen molar-refractivity contribution in [1.82, 2.24) is 0 Å². The van der Waals surface area contributed by atoms with Crippen LogP contribution < -0.4 is 17.7 Å². The Morgan fingerprint density at radius 2 is 0.950 bits per heavy atom. The van der Waals surface area contributed by atoms with E-state index in [1.807, 2.05) is 18.2 Å². The number of unbranched alkanes of at least 4 members (excludes halogenated alkanes) is 15. The molecule has 0 fully saturated rings. The van der Waals surface area contributed by atoms with Gasteiger partial charge in [0.25, 0.3) is 0 Å². The molecule has 0 saturated carbocycles. The minimum absolute atomic E-state index is 0. The number of amides is 1. The molecule has 0 aliphatic rings. The number of quaternary nitrogens is 1. The van der Waals surface area contributed by atoms with Gasteiger partial charge in [-0.2, -0.15) is 0 Å². The van der Waals surface area contributed by atoms with Crippen molar-refractivity contribution in [3.8, 4) is 0 Å². The number of nitrogens with one attached hydrogen (secondary N) is 1. The van der Waals surface area contributed by atoms with E-state index in [0.717, 1.165) is 0 Å². The summed E-state index contributed by atoms with van der Waals surface area (Å²) in [5, 5.41) is 2.61. The first-order valence-electron chi connectivity index (χ1n) is 16.5. The lowest BCUT2D eigenvalue weighted by Gasteiger charge is -2.35. The molecule has 5 heteroatoms. The Balaban J connectivity index is 0. The maximum absolute atomic E-state index is 11.1. The molecule has 1 aromatic carbocycles. The van der Waals surface area contributed by atoms with Crippen molar-refractivity contribution in [3.05, 3.63) is 30.3 Å². The summed E-state index contributed by atoms with van der Waals surface area (Å²) in [6.07, 6.45) is 25.8. The van der Waals surface area contributed by atoms with Gasteiger partial charge in [0, 0.05) is 5.69 Å². The number of carbonyl (C=O) groups excluding carboxylic acids is 2. The topological polar surface area (TPSA) is 46.2 Å². The van der Waals surface area contributed by atoms with E-state index in [0.29, 0.717) is 5.69 Å². The first kappa shape index (κ1) is 40.7. The van der Waals surface area contributed by atoms with Gasteiger partial charge in [-0.3, -0.25) is 9.59 Å². The van der Waals surface area contributed by atoms with Crippen molar-refractivity contribution in [1.29, 1.82) is 0 Å². The highest BCUT2D eigenvalue weighted by Crippen LogP contribution is 2.16. The van der Waals surface area contributed by atoms with Crippen LogP contribution in [0.15, 0.2) is 30.3 Å². The van der Waals surface area contributed by atoms with Gasteiger partial charge in [0.2, 0.25) is 5.91 Å². The lowest BCUT2D eigenvalue weighted by molar-refractivity contribution is -0.910. The highest BCUT2D eigenvalue weighted by atomic mass is 35.5. The van der Waals surface area contributed by atoms with Crippen LogP contribution in [-0.4, -0.2) is 42.9 Å². The molecule has 1 amide bonds. The fraction of sp³-hybridized carbons (Fsp3) is 0.771. The number of benzene rings is 1. The second kappa shape index (κ2) is 29.1. The van der Waals surface area contributed by atoms with Crippen LogP contribution in [0.4, 0.5) is 5.69 Å². The Bertz CT molecular complexity index is 655. The maximum atomic E-state index is 11.1. The fourth-order valence-corrected chi connectivity index (χ4v) is 5.11. The van der Waals surface area contributed by atoms with Crippen LogP contribution in [0.5, 0.6) is 0 Å². The number of carbonyl (C=O) groups is 2. The zero-order valence-corrected chi connectivity index (χ0v) is 27.8. The van der Waals surface area contributed by atoms with Crippen molar-refractivity contribution in [2.75, 3.05) is 32.0 Å². The van der Waals surface area contributed by atoms with E-state index in [4.69, 9.17) is 0 Å². The Morgan fingerprint density at radius 1 is 0.600 bits per heavy atom. The highest BCUT2D eigenvalue weighted by molar-refractivity contribution is 6.03. The quantitative estimate of drug-likeness (QED) is 0.0803. The first-order chi connectivity index (χ1) is 18.9. The molecule has 1 aromatic rings. The summed E-state index contributed by atoms with van der Waals surface area (Å²) in [6, 6.07) is 9.06. The highest BCUT2D eigenvalue weighted by Gasteiger charge is 2.20. The normalized spacial score (nSPS) is 10.8. The third kappa shape index (κ3) is 26.8. The van der Waals surface area contributed by atoms with Crippen LogP contribution >= 0.6 is 0 Å². The van der Waals surface area contributed by atoms with Gasteiger partial charge in [-0.1, -0.05) is 116 Å². The van der Waals surface area contributed by atoms with E-state index < -0.39 is 0 Å². The van der Waals surface area contributed by atoms with Crippen molar-refractivity contribution in [2.24, 2.45) is 0 Å². The number of halogens is 1. The van der Waals surface area contributed by atoms with Crippen LogP contribution in [0.2, 0.25) is 0 Å². The van der Waals surface area contributed by atoms with Gasteiger partial charge in [0.15, 0.2) is 0 Å². The van der Waals surface area contributed by atoms with Gasteiger partial charge in [-0.15, -0.1) is 0 Å². The molecule has 1 rings (SSSR count). The summed E-state index contributed by atoms with van der Waals surface area (Å²) in [5.41, 5.74) is 0.716. The first-order valence-corrected chi connectivity index (χ1v) is 16.5. The Morgan fingerprint density at radius 3 is 1.30 bits per heavy atom. The van der Waals surface area contributed by atoms with Crippen LogP contribution in [0.3, 0.4) is 0 Å². The summed E-state index contributed by atoms with van der Waals surface area (Å²) in [6.45, 7) is 12.6. The zero-order valence-electron chi connectivity index (χ0n) is 27.1. The number of nitrogens with zero attached hydrogens (tertiary/aromatic N) is 1. The van der Waals surface area contributed by atoms with Crippen molar-refractivity contribution >= 4 is 17.4 Å². The molecule has 4 nitrogen and oxygen atoms in total. The van der Waals surface area contributed by atoms with Gasteiger partial charge in [0.05, 0.1) is 33.1 Å². The lowest BCUT2D eigenvalue weighted by Crippen LogP contribution is -3.00. The summed E-state index contributed by atoms with van der Waals surface area (Å²) in [4.78, 5) is 21.7. The van der Waals surface area contributed by atoms with E-state index >= 15 is 0 Å². The predicted octanol–water partition coefficient (Wildman–Crippen LogP) is 7.12. The summed E-state index contributed by atoms with van der Waals surface area (Å²) in [7, 11) is 2.56. The average Bonchev–Trinajstić information content (AvgIpc) is 2.91. The number of ketones is 1. The third-order valence-corrected chi connectivity index (χ3v) is 7.62. The summed E-state index contributed by atoms with van der Waals surface area (Å²) >= 11 is 0. The van der Waals surface area contributed by atoms with E-state index in [2.05, 4.69) is 33.1 Å². The Labute approximate surface area is 255 Å². The lowest BCUT2D eigenvalue weighted by atomic mass is 10.1. The van der Waals surface area contributed by atoms with E-state index in [9.17, 15) is 9.59 Å². The molecule has 0 heterocycles. The van der Waals surface area contributed by atoms with Crippen LogP contribution in [0, 0.1) is 0 Å². The predicted molar refractivity (Wildman–Crippen MR) is 171 cm³/mol. The SMILES string of the molecule is CC(=O)CC(=O)Nc1ccccc1.CCCCCCCC[N+](C)(CCCCCCCC)CCCCCCCC.[Cl-]. The summed E-state index contributed by atoms with van der Waals surface area (Å²) in [5.74, 6) is -0.396. The molecule has 0 unspecified atom stereocenters. The second-order valence-electron chi connectivity index (χ2n) is 11.9. The van der Waals surface area contributed by atoms with Gasteiger partial charge < -0.3 is 22.2 Å². The molecule has 234 valence electrons. The Kier molecular flexibility index (Phi) is 29.7. The number of Topliss-reactive ketones (excluding diaryl/α,β-unsaturated/α-hetero) is 1. The Hall–Kier alpha value is -1.39. The van der Waals surface area contributed by atoms with E-state index in [1.165, 1.54) is 147 Å². The molecular weight excluding hydrogens is 516 g/mol. The monoisotopic (exact) mass is 580 g/mol. The number of rotatable bonds is 24. The molecule has 0 aliphatic carbocycles. The van der Waals surface area contributed by atoms with Gasteiger partial charge in [-0.25, -0.2) is 0 Å². The number of anilines is 1. The number of hydrogen-bond donors (Lipinski definition) is 1. The average molecular weight is 581 g/mol. The van der Waals surface area contributed by atoms with Crippen LogP contribution in [0.25, 0.3) is 0 Å². The molecule has 0 saturated heterocycles. The molecule has 40 heavy (non-hydrogen) atoms. The molecule has 0 bridgehead atoms. The third-order valence-electron chi connectivity index (χ3n) is 7.62. The van der Waals surface area contributed by atoms with Gasteiger partial charge in [-0.05, 0) is 57.6 Å². The molecule has 0 aromatic heterocycles. The van der Waals surface area contributed by atoms with E-state index in [-0.39, 0.29) is 30.5 Å². The van der Waals surface area contributed by atoms with Crippen molar-refractivity contribution in [2.45, 2.75) is 150 Å². The van der Waals surface area contributed by atoms with Crippen LogP contribution in [-0.2, 0) is 9.59 Å². The zero-order chi connectivity index (χ0) is 29.0. The molecule has 0 spiro atoms. The van der Waals surface area contributed by atoms with Crippen molar-refractivity contribution < 1.29 is 26.5 Å². The number of para-hydroxylation sites is 1. The maximum Gasteiger partial charge on any atom is 0.231 e. The van der Waals surface area contributed by atoms with Crippen molar-refractivity contribution in [3.63, 3.8) is 0 Å². The molecule has 1 N–H and O–H groups in total. The molecule has 0 atom stereocenters. The molecule has 0 aliphatic heterocycles. The number of hydrogen-bond acceptors (Lipinski definition) is 2. The minimum atomic E-state index is -0.265. The standard InChI is InChI=1S/C25H54N.C10H11NO2.ClH/c1-5-8-11-14-17-20-23-26(4,24-21-18-15-12-9-6-2)25-22-19-16-13-10-7-3;1-8(12)7-10(13)11-9-5-3-2-4-6-9;/h5-25H2,1-4H3;2-6H,7H2,1H3,(H,11,13);1H/q+1;;/p-1. The largest absolute Gasteiger partial charge is 1.00 e.